The van der Waals surface area contributed by atoms with Gasteiger partial charge in [0, 0.05) is 0 Å². The summed E-state index contributed by atoms with van der Waals surface area (Å²) >= 11 is 4.80. The third kappa shape index (κ3) is 1.27. The summed E-state index contributed by atoms with van der Waals surface area (Å²) in [6.07, 6.45) is 1.43. The van der Waals surface area contributed by atoms with Crippen LogP contribution < -0.4 is 5.69 Å². The fourth-order valence-electron chi connectivity index (χ4n) is 0.855. The zero-order valence-electron chi connectivity index (χ0n) is 5.84. The number of hydrogen-bond acceptors (Lipinski definition) is 3. The van der Waals surface area contributed by atoms with Crippen LogP contribution in [0.15, 0.2) is 11.0 Å². The van der Waals surface area contributed by atoms with Crippen LogP contribution in [-0.2, 0) is 0 Å². The summed E-state index contributed by atoms with van der Waals surface area (Å²) in [5, 5.41) is 0. The van der Waals surface area contributed by atoms with Crippen molar-refractivity contribution in [2.75, 3.05) is 0 Å². The maximum absolute atomic E-state index is 10.7. The average Bonchev–Trinajstić information content (AvgIpc) is 2.27. The molecular weight excluding hydrogens is 180 g/mol. The smallest absolute Gasteiger partial charge is 0.346 e. The molecule has 0 radical (unpaired) electrons. The molecular formula is C5H6N4O2S. The molecule has 0 atom stereocenters. The fraction of sp³-hybridized carbons (Fsp3) is 0. The highest BCUT2D eigenvalue weighted by Gasteiger charge is 1.94. The van der Waals surface area contributed by atoms with Gasteiger partial charge in [-0.2, -0.15) is 4.98 Å². The first-order chi connectivity index (χ1) is 5.25. The molecule has 2 heterocycles. The van der Waals surface area contributed by atoms with Gasteiger partial charge in [0.15, 0.2) is 4.77 Å². The van der Waals surface area contributed by atoms with Crippen molar-refractivity contribution in [3.63, 3.8) is 0 Å². The minimum Gasteiger partial charge on any atom is -0.412 e. The molecule has 0 fully saturated rings. The zero-order valence-corrected chi connectivity index (χ0v) is 6.66. The first-order valence-corrected chi connectivity index (χ1v) is 3.34. The molecule has 0 aromatic carbocycles. The number of fused-ring (bicyclic) bond motifs is 1. The quantitative estimate of drug-likeness (QED) is 0.482. The minimum atomic E-state index is -0.386. The molecule has 2 aromatic rings. The number of rotatable bonds is 0. The summed E-state index contributed by atoms with van der Waals surface area (Å²) in [5.41, 5.74) is 0.896. The maximum Gasteiger partial charge on any atom is 0.346 e. The van der Waals surface area contributed by atoms with Gasteiger partial charge in [-0.15, -0.1) is 0 Å². The molecule has 7 heteroatoms. The predicted octanol–water partition coefficient (Wildman–Crippen LogP) is -0.516. The van der Waals surface area contributed by atoms with Crippen LogP contribution in [0.3, 0.4) is 0 Å². The van der Waals surface area contributed by atoms with Crippen LogP contribution in [0.4, 0.5) is 0 Å². The van der Waals surface area contributed by atoms with E-state index in [0.717, 1.165) is 0 Å². The van der Waals surface area contributed by atoms with E-state index in [0.29, 0.717) is 15.9 Å². The molecule has 0 amide bonds. The number of hydrogen-bond donors (Lipinski definition) is 3. The molecule has 0 aliphatic rings. The Hall–Kier alpha value is -1.47. The molecule has 0 saturated heterocycles. The highest BCUT2D eigenvalue weighted by Crippen LogP contribution is 1.99. The van der Waals surface area contributed by atoms with Crippen molar-refractivity contribution in [3.05, 3.63) is 21.5 Å². The Kier molecular flexibility index (Phi) is 2.07. The van der Waals surface area contributed by atoms with Gasteiger partial charge in [0.1, 0.15) is 11.2 Å². The van der Waals surface area contributed by atoms with Crippen molar-refractivity contribution >= 4 is 23.4 Å². The van der Waals surface area contributed by atoms with Gasteiger partial charge in [0.2, 0.25) is 0 Å². The number of nitrogens with one attached hydrogen (secondary N) is 3. The van der Waals surface area contributed by atoms with Gasteiger partial charge >= 0.3 is 5.69 Å². The molecule has 0 bridgehead atoms. The number of imidazole rings is 1. The second-order valence-electron chi connectivity index (χ2n) is 2.06. The lowest BCUT2D eigenvalue weighted by molar-refractivity contribution is 0.824. The molecule has 64 valence electrons. The average molecular weight is 186 g/mol. The number of aromatic nitrogens is 4. The van der Waals surface area contributed by atoms with Crippen LogP contribution in [0.1, 0.15) is 0 Å². The summed E-state index contributed by atoms with van der Waals surface area (Å²) in [6.45, 7) is 0. The molecule has 5 N–H and O–H groups in total. The second kappa shape index (κ2) is 2.88. The van der Waals surface area contributed by atoms with Crippen molar-refractivity contribution < 1.29 is 5.48 Å². The topological polar surface area (TPSA) is 109 Å². The van der Waals surface area contributed by atoms with Gasteiger partial charge in [-0.25, -0.2) is 4.79 Å². The van der Waals surface area contributed by atoms with E-state index < -0.39 is 0 Å². The zero-order chi connectivity index (χ0) is 7.84. The summed E-state index contributed by atoms with van der Waals surface area (Å²) in [6, 6.07) is 0. The Morgan fingerprint density at radius 2 is 2.08 bits per heavy atom. The Labute approximate surface area is 71.0 Å². The van der Waals surface area contributed by atoms with E-state index in [9.17, 15) is 4.79 Å². The maximum atomic E-state index is 10.7. The van der Waals surface area contributed by atoms with Crippen molar-refractivity contribution in [3.8, 4) is 0 Å². The largest absolute Gasteiger partial charge is 0.412 e. The van der Waals surface area contributed by atoms with Crippen LogP contribution >= 0.6 is 12.2 Å². The van der Waals surface area contributed by atoms with Gasteiger partial charge in [-0.3, -0.25) is 4.98 Å². The van der Waals surface area contributed by atoms with Crippen LogP contribution in [-0.4, -0.2) is 25.4 Å². The van der Waals surface area contributed by atoms with E-state index in [1.165, 1.54) is 6.20 Å². The molecule has 0 spiro atoms. The van der Waals surface area contributed by atoms with Gasteiger partial charge in [-0.05, 0) is 12.2 Å². The summed E-state index contributed by atoms with van der Waals surface area (Å²) < 4.78 is 0.476. The summed E-state index contributed by atoms with van der Waals surface area (Å²) in [7, 11) is 0. The van der Waals surface area contributed by atoms with Crippen LogP contribution in [0.25, 0.3) is 11.2 Å². The first-order valence-electron chi connectivity index (χ1n) is 2.93. The number of H-pyrrole nitrogens is 3. The molecule has 2 aromatic heterocycles. The third-order valence-corrected chi connectivity index (χ3v) is 1.50. The van der Waals surface area contributed by atoms with Gasteiger partial charge in [0.05, 0.1) is 6.20 Å². The van der Waals surface area contributed by atoms with E-state index in [-0.39, 0.29) is 11.2 Å². The lowest BCUT2D eigenvalue weighted by Crippen LogP contribution is -2.08. The lowest BCUT2D eigenvalue weighted by Gasteiger charge is -1.83. The Balaban J connectivity index is 0.000000720. The van der Waals surface area contributed by atoms with E-state index in [4.69, 9.17) is 12.2 Å². The van der Waals surface area contributed by atoms with E-state index >= 15 is 0 Å². The van der Waals surface area contributed by atoms with Crippen LogP contribution in [0.5, 0.6) is 0 Å². The highest BCUT2D eigenvalue weighted by atomic mass is 32.1. The SMILES string of the molecule is O.O=c1ncc2[nH]c(=S)[nH]c2[nH]1. The summed E-state index contributed by atoms with van der Waals surface area (Å²) in [5.74, 6) is 0. The van der Waals surface area contributed by atoms with Gasteiger partial charge in [0.25, 0.3) is 0 Å². The number of aromatic amines is 3. The molecule has 2 rings (SSSR count). The van der Waals surface area contributed by atoms with Crippen molar-refractivity contribution in [2.24, 2.45) is 0 Å². The fourth-order valence-corrected chi connectivity index (χ4v) is 1.07. The Morgan fingerprint density at radius 1 is 1.33 bits per heavy atom. The van der Waals surface area contributed by atoms with Crippen molar-refractivity contribution in [2.45, 2.75) is 0 Å². The molecule has 6 nitrogen and oxygen atoms in total. The second-order valence-corrected chi connectivity index (χ2v) is 2.46. The standard InChI is InChI=1S/C5H4N4OS.H2O/c10-4-6-1-2-3(8-4)9-5(11)7-2;/h1H,(H3,6,7,8,9,10,11);1H2. The minimum absolute atomic E-state index is 0. The van der Waals surface area contributed by atoms with E-state index in [2.05, 4.69) is 19.9 Å². The normalized spacial score (nSPS) is 9.67. The predicted molar refractivity (Wildman–Crippen MR) is 45.5 cm³/mol. The highest BCUT2D eigenvalue weighted by molar-refractivity contribution is 7.71. The third-order valence-electron chi connectivity index (χ3n) is 1.30. The van der Waals surface area contributed by atoms with Crippen LogP contribution in [0.2, 0.25) is 0 Å². The van der Waals surface area contributed by atoms with E-state index in [1.54, 1.807) is 0 Å². The van der Waals surface area contributed by atoms with Gasteiger partial charge < -0.3 is 15.4 Å². The number of nitrogens with zero attached hydrogens (tertiary/aromatic N) is 1. The Morgan fingerprint density at radius 3 is 2.83 bits per heavy atom. The van der Waals surface area contributed by atoms with E-state index in [1.807, 2.05) is 0 Å². The monoisotopic (exact) mass is 186 g/mol. The lowest BCUT2D eigenvalue weighted by atomic mass is 10.6. The van der Waals surface area contributed by atoms with Crippen LogP contribution in [0, 0.1) is 4.77 Å². The molecule has 0 aliphatic heterocycles. The van der Waals surface area contributed by atoms with Gasteiger partial charge in [-0.1, -0.05) is 0 Å². The van der Waals surface area contributed by atoms with Crippen molar-refractivity contribution in [1.82, 2.24) is 19.9 Å². The molecule has 0 unspecified atom stereocenters. The first kappa shape index (κ1) is 8.62. The molecule has 0 aliphatic carbocycles. The molecule has 12 heavy (non-hydrogen) atoms. The van der Waals surface area contributed by atoms with Crippen molar-refractivity contribution in [1.29, 1.82) is 0 Å². The Bertz CT molecular complexity index is 494. The molecule has 0 saturated carbocycles. The summed E-state index contributed by atoms with van der Waals surface area (Å²) in [4.78, 5) is 22.2.